The van der Waals surface area contributed by atoms with Crippen molar-refractivity contribution in [2.45, 2.75) is 25.3 Å². The summed E-state index contributed by atoms with van der Waals surface area (Å²) < 4.78 is 10.9. The Kier molecular flexibility index (Phi) is 6.32. The van der Waals surface area contributed by atoms with Gasteiger partial charge in [0.05, 0.1) is 23.4 Å². The third-order valence-corrected chi connectivity index (χ3v) is 6.34. The second-order valence-electron chi connectivity index (χ2n) is 7.45. The molecule has 0 aliphatic carbocycles. The van der Waals surface area contributed by atoms with Crippen LogP contribution < -0.4 is 10.1 Å². The Labute approximate surface area is 179 Å². The first-order valence-corrected chi connectivity index (χ1v) is 11.0. The summed E-state index contributed by atoms with van der Waals surface area (Å²) in [5.74, 6) is -0.201. The Morgan fingerprint density at radius 2 is 1.90 bits per heavy atom. The summed E-state index contributed by atoms with van der Waals surface area (Å²) in [6.45, 7) is 1.26. The molecule has 158 valence electrons. The Bertz CT molecular complexity index is 906. The van der Waals surface area contributed by atoms with Crippen LogP contribution in [0.5, 0.6) is 5.75 Å². The van der Waals surface area contributed by atoms with Gasteiger partial charge in [-0.3, -0.25) is 14.4 Å². The van der Waals surface area contributed by atoms with Crippen molar-refractivity contribution in [3.8, 4) is 5.75 Å². The molecule has 3 heterocycles. The SMILES string of the molecule is O=C(COC(=O)C1CCN(C(=O)c2cccs2)CC1)NC1CCOc2ccccc21. The highest BCUT2D eigenvalue weighted by atomic mass is 32.1. The highest BCUT2D eigenvalue weighted by Crippen LogP contribution is 2.31. The first-order chi connectivity index (χ1) is 14.6. The number of hydrogen-bond acceptors (Lipinski definition) is 6. The zero-order valence-electron chi connectivity index (χ0n) is 16.5. The lowest BCUT2D eigenvalue weighted by atomic mass is 9.97. The number of carbonyl (C=O) groups is 3. The number of ether oxygens (including phenoxy) is 2. The number of rotatable bonds is 5. The van der Waals surface area contributed by atoms with Gasteiger partial charge in [0, 0.05) is 25.1 Å². The van der Waals surface area contributed by atoms with Crippen LogP contribution in [0.2, 0.25) is 0 Å². The smallest absolute Gasteiger partial charge is 0.309 e. The summed E-state index contributed by atoms with van der Waals surface area (Å²) in [5, 5.41) is 4.80. The number of nitrogens with one attached hydrogen (secondary N) is 1. The third kappa shape index (κ3) is 4.64. The lowest BCUT2D eigenvalue weighted by Gasteiger charge is -2.30. The van der Waals surface area contributed by atoms with Crippen LogP contribution in [-0.4, -0.2) is 49.0 Å². The number of hydrogen-bond donors (Lipinski definition) is 1. The summed E-state index contributed by atoms with van der Waals surface area (Å²) in [4.78, 5) is 39.5. The molecule has 1 unspecified atom stereocenters. The van der Waals surface area contributed by atoms with Crippen LogP contribution in [0.4, 0.5) is 0 Å². The van der Waals surface area contributed by atoms with Crippen LogP contribution in [0.25, 0.3) is 0 Å². The van der Waals surface area contributed by atoms with Gasteiger partial charge in [-0.2, -0.15) is 0 Å². The molecule has 2 aliphatic heterocycles. The lowest BCUT2D eigenvalue weighted by molar-refractivity contribution is -0.154. The lowest BCUT2D eigenvalue weighted by Crippen LogP contribution is -2.41. The number of likely N-dealkylation sites (tertiary alicyclic amines) is 1. The number of nitrogens with zero attached hydrogens (tertiary/aromatic N) is 1. The Balaban J connectivity index is 1.22. The molecule has 1 N–H and O–H groups in total. The average Bonchev–Trinajstić information content (AvgIpc) is 3.32. The molecule has 2 amide bonds. The van der Waals surface area contributed by atoms with Gasteiger partial charge in [0.2, 0.25) is 0 Å². The van der Waals surface area contributed by atoms with Crippen LogP contribution in [-0.2, 0) is 14.3 Å². The third-order valence-electron chi connectivity index (χ3n) is 5.49. The van der Waals surface area contributed by atoms with E-state index in [1.54, 1.807) is 4.90 Å². The van der Waals surface area contributed by atoms with Gasteiger partial charge in [-0.1, -0.05) is 24.3 Å². The topological polar surface area (TPSA) is 84.9 Å². The van der Waals surface area contributed by atoms with Crippen molar-refractivity contribution in [2.75, 3.05) is 26.3 Å². The van der Waals surface area contributed by atoms with E-state index < -0.39 is 0 Å². The summed E-state index contributed by atoms with van der Waals surface area (Å²) in [5.41, 5.74) is 0.936. The fourth-order valence-corrected chi connectivity index (χ4v) is 4.55. The fraction of sp³-hybridized carbons (Fsp3) is 0.409. The quantitative estimate of drug-likeness (QED) is 0.741. The van der Waals surface area contributed by atoms with Crippen molar-refractivity contribution in [1.82, 2.24) is 10.2 Å². The van der Waals surface area contributed by atoms with Gasteiger partial charge in [-0.15, -0.1) is 11.3 Å². The van der Waals surface area contributed by atoms with E-state index in [-0.39, 0.29) is 36.4 Å². The molecule has 1 fully saturated rings. The van der Waals surface area contributed by atoms with Crippen molar-refractivity contribution >= 4 is 29.1 Å². The number of esters is 1. The number of carbonyl (C=O) groups excluding carboxylic acids is 3. The molecule has 1 saturated heterocycles. The average molecular weight is 429 g/mol. The van der Waals surface area contributed by atoms with Crippen molar-refractivity contribution in [2.24, 2.45) is 5.92 Å². The maximum Gasteiger partial charge on any atom is 0.309 e. The second kappa shape index (κ2) is 9.30. The normalized spacial score (nSPS) is 18.8. The van der Waals surface area contributed by atoms with Gasteiger partial charge in [0.15, 0.2) is 6.61 Å². The van der Waals surface area contributed by atoms with Crippen LogP contribution in [0.1, 0.15) is 40.5 Å². The summed E-state index contributed by atoms with van der Waals surface area (Å²) in [6, 6.07) is 11.1. The van der Waals surface area contributed by atoms with E-state index in [0.717, 1.165) is 11.3 Å². The number of amides is 2. The molecule has 0 saturated carbocycles. The number of piperidine rings is 1. The molecule has 2 aromatic rings. The number of para-hydroxylation sites is 1. The number of fused-ring (bicyclic) bond motifs is 1. The van der Waals surface area contributed by atoms with Gasteiger partial charge >= 0.3 is 5.97 Å². The van der Waals surface area contributed by atoms with E-state index in [0.29, 0.717) is 43.8 Å². The van der Waals surface area contributed by atoms with E-state index in [4.69, 9.17) is 9.47 Å². The largest absolute Gasteiger partial charge is 0.493 e. The molecular formula is C22H24N2O5S. The molecule has 8 heteroatoms. The van der Waals surface area contributed by atoms with Crippen LogP contribution >= 0.6 is 11.3 Å². The Hall–Kier alpha value is -2.87. The van der Waals surface area contributed by atoms with E-state index >= 15 is 0 Å². The molecule has 4 rings (SSSR count). The predicted molar refractivity (Wildman–Crippen MR) is 111 cm³/mol. The molecule has 1 aromatic heterocycles. The Morgan fingerprint density at radius 1 is 1.10 bits per heavy atom. The maximum atomic E-state index is 12.4. The molecule has 0 radical (unpaired) electrons. The van der Waals surface area contributed by atoms with E-state index in [1.807, 2.05) is 41.8 Å². The van der Waals surface area contributed by atoms with Gasteiger partial charge in [-0.25, -0.2) is 0 Å². The van der Waals surface area contributed by atoms with Crippen molar-refractivity contribution in [3.63, 3.8) is 0 Å². The summed E-state index contributed by atoms with van der Waals surface area (Å²) >= 11 is 1.42. The zero-order chi connectivity index (χ0) is 20.9. The minimum Gasteiger partial charge on any atom is -0.493 e. The van der Waals surface area contributed by atoms with Gasteiger partial charge in [-0.05, 0) is 30.4 Å². The van der Waals surface area contributed by atoms with Gasteiger partial charge in [0.1, 0.15) is 5.75 Å². The molecule has 1 aromatic carbocycles. The van der Waals surface area contributed by atoms with Crippen molar-refractivity contribution in [3.05, 3.63) is 52.2 Å². The Morgan fingerprint density at radius 3 is 2.67 bits per heavy atom. The highest BCUT2D eigenvalue weighted by Gasteiger charge is 2.30. The van der Waals surface area contributed by atoms with Crippen molar-refractivity contribution in [1.29, 1.82) is 0 Å². The van der Waals surface area contributed by atoms with E-state index in [2.05, 4.69) is 5.32 Å². The molecule has 7 nitrogen and oxygen atoms in total. The standard InChI is InChI=1S/C22H24N2O5S/c25-20(23-17-9-12-28-18-5-2-1-4-16(17)18)14-29-22(27)15-7-10-24(11-8-15)21(26)19-6-3-13-30-19/h1-6,13,15,17H,7-12,14H2,(H,23,25). The monoisotopic (exact) mass is 428 g/mol. The molecule has 0 bridgehead atoms. The van der Waals surface area contributed by atoms with Gasteiger partial charge in [0.25, 0.3) is 11.8 Å². The summed E-state index contributed by atoms with van der Waals surface area (Å²) in [6.07, 6.45) is 1.77. The zero-order valence-corrected chi connectivity index (χ0v) is 17.4. The van der Waals surface area contributed by atoms with Crippen LogP contribution in [0, 0.1) is 5.92 Å². The number of benzene rings is 1. The minimum absolute atomic E-state index is 0.00735. The first kappa shape index (κ1) is 20.4. The van der Waals surface area contributed by atoms with Gasteiger partial charge < -0.3 is 19.7 Å². The minimum atomic E-state index is -0.374. The maximum absolute atomic E-state index is 12.4. The molecular weight excluding hydrogens is 404 g/mol. The number of thiophene rings is 1. The van der Waals surface area contributed by atoms with Crippen LogP contribution in [0.3, 0.4) is 0 Å². The first-order valence-electron chi connectivity index (χ1n) is 10.1. The molecule has 30 heavy (non-hydrogen) atoms. The summed E-state index contributed by atoms with van der Waals surface area (Å²) in [7, 11) is 0. The fourth-order valence-electron chi connectivity index (χ4n) is 3.86. The van der Waals surface area contributed by atoms with Crippen molar-refractivity contribution < 1.29 is 23.9 Å². The van der Waals surface area contributed by atoms with Crippen LogP contribution in [0.15, 0.2) is 41.8 Å². The molecule has 2 aliphatic rings. The molecule has 1 atom stereocenters. The van der Waals surface area contributed by atoms with E-state index in [9.17, 15) is 14.4 Å². The highest BCUT2D eigenvalue weighted by molar-refractivity contribution is 7.12. The molecule has 0 spiro atoms. The predicted octanol–water partition coefficient (Wildman–Crippen LogP) is 2.78. The second-order valence-corrected chi connectivity index (χ2v) is 8.39. The van der Waals surface area contributed by atoms with E-state index in [1.165, 1.54) is 11.3 Å².